The first-order chi connectivity index (χ1) is 13.8. The van der Waals surface area contributed by atoms with Crippen LogP contribution in [0, 0.1) is 6.92 Å². The summed E-state index contributed by atoms with van der Waals surface area (Å²) in [6, 6.07) is 8.21. The van der Waals surface area contributed by atoms with Gasteiger partial charge < -0.3 is 16.0 Å². The van der Waals surface area contributed by atoms with E-state index in [1.807, 2.05) is 13.8 Å². The Balaban J connectivity index is 0.00000450. The van der Waals surface area contributed by atoms with E-state index < -0.39 is 5.54 Å². The number of halogens is 1. The van der Waals surface area contributed by atoms with Crippen molar-refractivity contribution in [1.29, 1.82) is 0 Å². The molecule has 0 spiro atoms. The topological polar surface area (TPSA) is 85.8 Å². The molecule has 1 aromatic carbocycles. The summed E-state index contributed by atoms with van der Waals surface area (Å²) in [7, 11) is 0. The molecule has 1 saturated heterocycles. The lowest BCUT2D eigenvalue weighted by Crippen LogP contribution is -2.43. The predicted molar refractivity (Wildman–Crippen MR) is 133 cm³/mol. The quantitative estimate of drug-likeness (QED) is 0.151. The summed E-state index contributed by atoms with van der Waals surface area (Å²) in [5.74, 6) is 0.933. The van der Waals surface area contributed by atoms with Crippen LogP contribution in [-0.4, -0.2) is 54.5 Å². The molecule has 2 atom stereocenters. The SMILES string of the molecule is CCNC(=NCC(C)c1cccc(C)c1)NCCCN1C(=O)NC(C)(CC)C1=O.I. The Morgan fingerprint density at radius 2 is 2.00 bits per heavy atom. The zero-order chi connectivity index (χ0) is 21.4. The van der Waals surface area contributed by atoms with E-state index in [1.165, 1.54) is 16.0 Å². The van der Waals surface area contributed by atoms with E-state index in [9.17, 15) is 9.59 Å². The van der Waals surface area contributed by atoms with Crippen molar-refractivity contribution in [2.24, 2.45) is 4.99 Å². The number of imide groups is 1. The van der Waals surface area contributed by atoms with Crippen LogP contribution < -0.4 is 16.0 Å². The number of carbonyl (C=O) groups is 2. The fraction of sp³-hybridized carbons (Fsp3) is 0.591. The monoisotopic (exact) mass is 529 g/mol. The highest BCUT2D eigenvalue weighted by Gasteiger charge is 2.45. The molecule has 1 aromatic rings. The second-order valence-corrected chi connectivity index (χ2v) is 7.89. The summed E-state index contributed by atoms with van der Waals surface area (Å²) in [5, 5.41) is 9.33. The van der Waals surface area contributed by atoms with Gasteiger partial charge in [0, 0.05) is 32.1 Å². The molecular weight excluding hydrogens is 493 g/mol. The highest BCUT2D eigenvalue weighted by Crippen LogP contribution is 2.20. The number of hydrogen-bond donors (Lipinski definition) is 3. The molecule has 2 unspecified atom stereocenters. The van der Waals surface area contributed by atoms with Crippen LogP contribution in [0.3, 0.4) is 0 Å². The fourth-order valence-electron chi connectivity index (χ4n) is 3.29. The van der Waals surface area contributed by atoms with Crippen LogP contribution in [0.4, 0.5) is 4.79 Å². The Kier molecular flexibility index (Phi) is 10.6. The molecule has 0 saturated carbocycles. The number of nitrogens with zero attached hydrogens (tertiary/aromatic N) is 2. The number of hydrogen-bond acceptors (Lipinski definition) is 3. The Hall–Kier alpha value is -1.84. The van der Waals surface area contributed by atoms with Crippen LogP contribution in [0.2, 0.25) is 0 Å². The molecule has 8 heteroatoms. The maximum Gasteiger partial charge on any atom is 0.325 e. The van der Waals surface area contributed by atoms with Crippen LogP contribution >= 0.6 is 24.0 Å². The van der Waals surface area contributed by atoms with Crippen LogP contribution in [-0.2, 0) is 4.79 Å². The van der Waals surface area contributed by atoms with Crippen LogP contribution in [0.1, 0.15) is 57.6 Å². The molecule has 1 heterocycles. The van der Waals surface area contributed by atoms with Crippen LogP contribution in [0.25, 0.3) is 0 Å². The summed E-state index contributed by atoms with van der Waals surface area (Å²) >= 11 is 0. The van der Waals surface area contributed by atoms with Crippen LogP contribution in [0.15, 0.2) is 29.3 Å². The van der Waals surface area contributed by atoms with Gasteiger partial charge in [-0.1, -0.05) is 43.7 Å². The van der Waals surface area contributed by atoms with Crippen molar-refractivity contribution in [3.8, 4) is 0 Å². The molecule has 1 aliphatic heterocycles. The van der Waals surface area contributed by atoms with Gasteiger partial charge >= 0.3 is 6.03 Å². The van der Waals surface area contributed by atoms with Gasteiger partial charge in [-0.15, -0.1) is 24.0 Å². The first-order valence-electron chi connectivity index (χ1n) is 10.5. The van der Waals surface area contributed by atoms with Gasteiger partial charge in [0.15, 0.2) is 5.96 Å². The lowest BCUT2D eigenvalue weighted by atomic mass is 9.99. The second-order valence-electron chi connectivity index (χ2n) is 7.89. The van der Waals surface area contributed by atoms with Gasteiger partial charge in [-0.3, -0.25) is 14.7 Å². The van der Waals surface area contributed by atoms with Gasteiger partial charge in [0.2, 0.25) is 0 Å². The third kappa shape index (κ3) is 6.85. The third-order valence-corrected chi connectivity index (χ3v) is 5.38. The number of urea groups is 1. The van der Waals surface area contributed by atoms with Crippen molar-refractivity contribution in [3.05, 3.63) is 35.4 Å². The Bertz CT molecular complexity index is 755. The smallest absolute Gasteiger partial charge is 0.325 e. The highest BCUT2D eigenvalue weighted by atomic mass is 127. The number of amides is 3. The molecule has 0 aliphatic carbocycles. The van der Waals surface area contributed by atoms with Crippen LogP contribution in [0.5, 0.6) is 0 Å². The minimum Gasteiger partial charge on any atom is -0.357 e. The predicted octanol–water partition coefficient (Wildman–Crippen LogP) is 3.38. The molecule has 168 valence electrons. The van der Waals surface area contributed by atoms with E-state index in [0.717, 1.165) is 12.5 Å². The average Bonchev–Trinajstić information content (AvgIpc) is 2.92. The van der Waals surface area contributed by atoms with E-state index in [-0.39, 0.29) is 35.9 Å². The number of rotatable bonds is 9. The molecule has 30 heavy (non-hydrogen) atoms. The average molecular weight is 529 g/mol. The number of guanidine groups is 1. The second kappa shape index (κ2) is 12.1. The highest BCUT2D eigenvalue weighted by molar-refractivity contribution is 14.0. The lowest BCUT2D eigenvalue weighted by molar-refractivity contribution is -0.130. The summed E-state index contributed by atoms with van der Waals surface area (Å²) in [6.07, 6.45) is 1.25. The first-order valence-corrected chi connectivity index (χ1v) is 10.5. The van der Waals surface area contributed by atoms with Crippen molar-refractivity contribution >= 4 is 41.9 Å². The molecule has 0 radical (unpaired) electrons. The van der Waals surface area contributed by atoms with Crippen molar-refractivity contribution in [1.82, 2.24) is 20.9 Å². The molecule has 3 N–H and O–H groups in total. The van der Waals surface area contributed by atoms with E-state index in [0.29, 0.717) is 38.4 Å². The van der Waals surface area contributed by atoms with Crippen molar-refractivity contribution in [3.63, 3.8) is 0 Å². The molecule has 0 bridgehead atoms. The van der Waals surface area contributed by atoms with Gasteiger partial charge in [0.05, 0.1) is 0 Å². The standard InChI is InChI=1S/C22H35N5O2.HI/c1-6-22(5)19(28)27(21(29)26-22)13-9-12-24-20(23-7-2)25-15-17(4)18-11-8-10-16(3)14-18;/h8,10-11,14,17H,6-7,9,12-13,15H2,1-5H3,(H,26,29)(H2,23,24,25);1H. The normalized spacial score (nSPS) is 19.9. The van der Waals surface area contributed by atoms with Crippen molar-refractivity contribution in [2.75, 3.05) is 26.2 Å². The molecule has 0 aromatic heterocycles. The number of benzene rings is 1. The molecule has 7 nitrogen and oxygen atoms in total. The maximum atomic E-state index is 12.4. The molecule has 2 rings (SSSR count). The molecule has 1 fully saturated rings. The zero-order valence-corrected chi connectivity index (χ0v) is 21.1. The summed E-state index contributed by atoms with van der Waals surface area (Å²) in [6.45, 7) is 12.4. The van der Waals surface area contributed by atoms with Gasteiger partial charge in [-0.2, -0.15) is 0 Å². The van der Waals surface area contributed by atoms with E-state index in [1.54, 1.807) is 6.92 Å². The zero-order valence-electron chi connectivity index (χ0n) is 18.7. The minimum atomic E-state index is -0.771. The summed E-state index contributed by atoms with van der Waals surface area (Å²) in [5.41, 5.74) is 1.76. The number of carbonyl (C=O) groups excluding carboxylic acids is 2. The summed E-state index contributed by atoms with van der Waals surface area (Å²) in [4.78, 5) is 30.5. The Morgan fingerprint density at radius 3 is 2.60 bits per heavy atom. The van der Waals surface area contributed by atoms with Crippen molar-refractivity contribution < 1.29 is 9.59 Å². The third-order valence-electron chi connectivity index (χ3n) is 5.38. The van der Waals surface area contributed by atoms with Crippen molar-refractivity contribution in [2.45, 2.75) is 58.9 Å². The largest absolute Gasteiger partial charge is 0.357 e. The van der Waals surface area contributed by atoms with Gasteiger partial charge in [0.25, 0.3) is 5.91 Å². The van der Waals surface area contributed by atoms with Gasteiger partial charge in [0.1, 0.15) is 5.54 Å². The Labute approximate surface area is 197 Å². The lowest BCUT2D eigenvalue weighted by Gasteiger charge is -2.19. The maximum absolute atomic E-state index is 12.4. The molecule has 1 aliphatic rings. The fourth-order valence-corrected chi connectivity index (χ4v) is 3.29. The van der Waals surface area contributed by atoms with E-state index in [2.05, 4.69) is 59.1 Å². The first kappa shape index (κ1) is 26.2. The molecule has 3 amide bonds. The number of nitrogens with one attached hydrogen (secondary N) is 3. The van der Waals surface area contributed by atoms with E-state index in [4.69, 9.17) is 0 Å². The van der Waals surface area contributed by atoms with Gasteiger partial charge in [-0.25, -0.2) is 4.79 Å². The Morgan fingerprint density at radius 1 is 1.27 bits per heavy atom. The summed E-state index contributed by atoms with van der Waals surface area (Å²) < 4.78 is 0. The molecular formula is C22H36IN5O2. The number of aryl methyl sites for hydroxylation is 1. The number of aliphatic imine (C=N–C) groups is 1. The van der Waals surface area contributed by atoms with Gasteiger partial charge in [-0.05, 0) is 39.2 Å². The minimum absolute atomic E-state index is 0. The van der Waals surface area contributed by atoms with E-state index >= 15 is 0 Å².